The van der Waals surface area contributed by atoms with Crippen LogP contribution in [0.1, 0.15) is 0 Å². The first-order chi connectivity index (χ1) is 8.48. The Morgan fingerprint density at radius 2 is 0.950 bits per heavy atom. The van der Waals surface area contributed by atoms with Gasteiger partial charge in [-0.05, 0) is 0 Å². The number of hydrogen-bond acceptors (Lipinski definition) is 0. The van der Waals surface area contributed by atoms with Crippen LogP contribution in [0.5, 0.6) is 0 Å². The van der Waals surface area contributed by atoms with E-state index in [0.29, 0.717) is 0 Å². The van der Waals surface area contributed by atoms with Gasteiger partial charge in [0, 0.05) is 0 Å². The summed E-state index contributed by atoms with van der Waals surface area (Å²) in [4.78, 5) is 0. The Morgan fingerprint density at radius 3 is 1.20 bits per heavy atom. The van der Waals surface area contributed by atoms with E-state index in [2.05, 4.69) is 0 Å². The number of alkyl halides is 11. The van der Waals surface area contributed by atoms with E-state index in [1.54, 1.807) is 0 Å². The summed E-state index contributed by atoms with van der Waals surface area (Å²) >= 11 is 0. The molecule has 20 heavy (non-hydrogen) atoms. The lowest BCUT2D eigenvalue weighted by Gasteiger charge is -2.36. The van der Waals surface area contributed by atoms with Gasteiger partial charge in [-0.3, -0.25) is 0 Å². The lowest BCUT2D eigenvalue weighted by atomic mass is 9.97. The second-order valence-electron chi connectivity index (χ2n) is 3.20. The molecule has 0 N–H and O–H groups in total. The van der Waals surface area contributed by atoms with Crippen molar-refractivity contribution in [3.05, 3.63) is 12.2 Å². The van der Waals surface area contributed by atoms with E-state index >= 15 is 0 Å². The van der Waals surface area contributed by atoms with Gasteiger partial charge in [-0.15, -0.1) is 0 Å². The molecule has 0 heterocycles. The molecule has 0 amide bonds. The molecular formula is C7F13. The quantitative estimate of drug-likeness (QED) is 0.657. The summed E-state index contributed by atoms with van der Waals surface area (Å²) in [5.74, 6) is -34.1. The molecule has 119 valence electrons. The molecule has 0 nitrogen and oxygen atoms in total. The van der Waals surface area contributed by atoms with E-state index in [1.807, 2.05) is 0 Å². The van der Waals surface area contributed by atoms with Crippen LogP contribution in [0.15, 0.2) is 5.83 Å². The van der Waals surface area contributed by atoms with Gasteiger partial charge >= 0.3 is 29.9 Å². The molecule has 0 spiro atoms. The van der Waals surface area contributed by atoms with Crippen molar-refractivity contribution in [3.8, 4) is 0 Å². The van der Waals surface area contributed by atoms with E-state index < -0.39 is 42.0 Å². The van der Waals surface area contributed by atoms with E-state index in [4.69, 9.17) is 0 Å². The Hall–Kier alpha value is -1.17. The zero-order valence-corrected chi connectivity index (χ0v) is 8.41. The molecule has 0 aliphatic carbocycles. The normalized spacial score (nSPS) is 16.6. The number of halogens is 13. The largest absolute Gasteiger partial charge is 0.460 e. The van der Waals surface area contributed by atoms with Crippen LogP contribution in [-0.4, -0.2) is 29.9 Å². The molecule has 0 aromatic rings. The zero-order chi connectivity index (χ0) is 16.8. The summed E-state index contributed by atoms with van der Waals surface area (Å²) in [6.07, 6.45) is -8.22. The maximum absolute atomic E-state index is 12.5. The topological polar surface area (TPSA) is 0 Å². The first kappa shape index (κ1) is 18.8. The van der Waals surface area contributed by atoms with E-state index in [9.17, 15) is 57.1 Å². The van der Waals surface area contributed by atoms with Crippen LogP contribution < -0.4 is 0 Å². The van der Waals surface area contributed by atoms with Crippen molar-refractivity contribution >= 4 is 0 Å². The minimum atomic E-state index is -7.77. The molecule has 0 fully saturated rings. The first-order valence-electron chi connectivity index (χ1n) is 3.96. The molecule has 13 heteroatoms. The molecule has 0 aromatic carbocycles. The summed E-state index contributed by atoms with van der Waals surface area (Å²) in [5, 5.41) is 0. The van der Waals surface area contributed by atoms with Crippen molar-refractivity contribution in [1.29, 1.82) is 0 Å². The third-order valence-corrected chi connectivity index (χ3v) is 1.90. The van der Waals surface area contributed by atoms with Crippen LogP contribution in [0.25, 0.3) is 0 Å². The van der Waals surface area contributed by atoms with Crippen molar-refractivity contribution in [2.24, 2.45) is 0 Å². The summed E-state index contributed by atoms with van der Waals surface area (Å²) in [6, 6.07) is 0. The van der Waals surface area contributed by atoms with Gasteiger partial charge < -0.3 is 0 Å². The molecule has 1 radical (unpaired) electrons. The Morgan fingerprint density at radius 1 is 0.600 bits per heavy atom. The average Bonchev–Trinajstić information content (AvgIpc) is 2.25. The fourth-order valence-electron chi connectivity index (χ4n) is 0.770. The van der Waals surface area contributed by atoms with Crippen molar-refractivity contribution < 1.29 is 57.1 Å². The van der Waals surface area contributed by atoms with Gasteiger partial charge in [-0.25, -0.2) is 8.78 Å². The smallest absolute Gasteiger partial charge is 0.201 e. The minimum absolute atomic E-state index is 0.866. The summed E-state index contributed by atoms with van der Waals surface area (Å²) in [7, 11) is 0. The third kappa shape index (κ3) is 2.30. The predicted molar refractivity (Wildman–Crippen MR) is 34.8 cm³/mol. The second-order valence-corrected chi connectivity index (χ2v) is 3.20. The highest BCUT2D eigenvalue weighted by Crippen LogP contribution is 2.58. The highest BCUT2D eigenvalue weighted by Gasteiger charge is 2.88. The lowest BCUT2D eigenvalue weighted by molar-refractivity contribution is -0.419. The molecule has 0 aliphatic rings. The summed E-state index contributed by atoms with van der Waals surface area (Å²) in [5.41, 5.74) is 0. The molecule has 0 saturated carbocycles. The molecule has 0 rings (SSSR count). The Bertz CT molecular complexity index is 386. The Kier molecular flexibility index (Phi) is 4.41. The second kappa shape index (κ2) is 4.69. The van der Waals surface area contributed by atoms with Crippen LogP contribution in [0.4, 0.5) is 57.1 Å². The van der Waals surface area contributed by atoms with Crippen LogP contribution in [-0.2, 0) is 0 Å². The van der Waals surface area contributed by atoms with Gasteiger partial charge in [0.15, 0.2) is 6.33 Å². The lowest BCUT2D eigenvalue weighted by Crippen LogP contribution is -2.66. The van der Waals surface area contributed by atoms with Crippen LogP contribution in [0.3, 0.4) is 0 Å². The highest BCUT2D eigenvalue weighted by atomic mass is 19.4. The summed E-state index contributed by atoms with van der Waals surface area (Å²) in [6.45, 7) is 0. The third-order valence-electron chi connectivity index (χ3n) is 1.90. The van der Waals surface area contributed by atoms with Gasteiger partial charge in [0.2, 0.25) is 5.83 Å². The van der Waals surface area contributed by atoms with Gasteiger partial charge in [-0.2, -0.15) is 48.3 Å². The SMILES string of the molecule is F[C]=C(F)C(F)(F)C(F)(F)C(F)(F)C(F)(F)C(F)(F)F. The van der Waals surface area contributed by atoms with Crippen molar-refractivity contribution in [2.45, 2.75) is 29.9 Å². The zero-order valence-electron chi connectivity index (χ0n) is 8.41. The van der Waals surface area contributed by atoms with Gasteiger partial charge in [0.1, 0.15) is 0 Å². The first-order valence-corrected chi connectivity index (χ1v) is 3.96. The Labute approximate surface area is 100 Å². The maximum Gasteiger partial charge on any atom is 0.460 e. The monoisotopic (exact) mass is 331 g/mol. The molecule has 0 bridgehead atoms. The highest BCUT2D eigenvalue weighted by molar-refractivity contribution is 5.14. The van der Waals surface area contributed by atoms with E-state index in [-0.39, 0.29) is 0 Å². The molecule has 0 aromatic heterocycles. The number of rotatable bonds is 4. The number of hydrogen-bond donors (Lipinski definition) is 0. The molecular weight excluding hydrogens is 331 g/mol. The fourth-order valence-corrected chi connectivity index (χ4v) is 0.770. The van der Waals surface area contributed by atoms with Crippen LogP contribution in [0.2, 0.25) is 0 Å². The molecule has 0 aliphatic heterocycles. The molecule has 0 unspecified atom stereocenters. The van der Waals surface area contributed by atoms with Crippen molar-refractivity contribution in [3.63, 3.8) is 0 Å². The van der Waals surface area contributed by atoms with Gasteiger partial charge in [0.25, 0.3) is 0 Å². The minimum Gasteiger partial charge on any atom is -0.201 e. The van der Waals surface area contributed by atoms with Gasteiger partial charge in [0.05, 0.1) is 0 Å². The van der Waals surface area contributed by atoms with Crippen molar-refractivity contribution in [2.75, 3.05) is 0 Å². The maximum atomic E-state index is 12.5. The fraction of sp³-hybridized carbons (Fsp3) is 0.714. The number of allylic oxidation sites excluding steroid dienone is 1. The van der Waals surface area contributed by atoms with E-state index in [0.717, 1.165) is 0 Å². The van der Waals surface area contributed by atoms with Crippen LogP contribution in [0, 0.1) is 6.33 Å². The Balaban J connectivity index is 6.07. The molecule has 0 atom stereocenters. The molecule has 0 saturated heterocycles. The standard InChI is InChI=1S/C7F13/c8-1-2(9)3(10,11)4(12,13)5(14,15)6(16,17)7(18,19)20. The van der Waals surface area contributed by atoms with Gasteiger partial charge in [-0.1, -0.05) is 0 Å². The summed E-state index contributed by atoms with van der Waals surface area (Å²) < 4.78 is 157. The van der Waals surface area contributed by atoms with E-state index in [1.165, 1.54) is 0 Å². The van der Waals surface area contributed by atoms with Crippen molar-refractivity contribution in [1.82, 2.24) is 0 Å². The van der Waals surface area contributed by atoms with Crippen LogP contribution >= 0.6 is 0 Å². The predicted octanol–water partition coefficient (Wildman–Crippen LogP) is 4.67. The average molecular weight is 331 g/mol.